The third kappa shape index (κ3) is 6.61. The van der Waals surface area contributed by atoms with Crippen LogP contribution >= 0.6 is 23.5 Å². The van der Waals surface area contributed by atoms with Gasteiger partial charge in [0.15, 0.2) is 0 Å². The first-order valence-corrected chi connectivity index (χ1v) is 15.3. The smallest absolute Gasteiger partial charge is 0.407 e. The van der Waals surface area contributed by atoms with Crippen molar-refractivity contribution in [1.82, 2.24) is 5.32 Å². The molecule has 206 valence electrons. The second kappa shape index (κ2) is 12.9. The molecule has 2 unspecified atom stereocenters. The summed E-state index contributed by atoms with van der Waals surface area (Å²) in [4.78, 5) is 24.6. The largest absolute Gasteiger partial charge is 0.480 e. The molecule has 8 nitrogen and oxygen atoms in total. The van der Waals surface area contributed by atoms with Gasteiger partial charge in [0.1, 0.15) is 17.2 Å². The highest BCUT2D eigenvalue weighted by molar-refractivity contribution is 9.10. The van der Waals surface area contributed by atoms with Crippen LogP contribution in [0.15, 0.2) is 72.8 Å². The number of aliphatic carboxylic acids is 1. The number of ether oxygens (including phenoxy) is 1. The molecule has 1 aliphatic rings. The predicted octanol–water partition coefficient (Wildman–Crippen LogP) is 6.88. The molecule has 10 heteroatoms. The monoisotopic (exact) mass is 615 g/mol. The fraction of sp³-hybridized carbons (Fsp3) is 0.310. The normalized spacial score (nSPS) is 14.2. The Kier molecular flexibility index (Phi) is 9.62. The molecule has 39 heavy (non-hydrogen) atoms. The minimum atomic E-state index is -3.42. The molecular formula is C29H31BrNO7P. The lowest BCUT2D eigenvalue weighted by atomic mass is 9.98. The minimum Gasteiger partial charge on any atom is -0.480 e. The highest BCUT2D eigenvalue weighted by Gasteiger charge is 2.35. The zero-order chi connectivity index (χ0) is 28.0. The fourth-order valence-electron chi connectivity index (χ4n) is 4.74. The van der Waals surface area contributed by atoms with Crippen molar-refractivity contribution in [1.29, 1.82) is 0 Å². The molecule has 0 saturated carbocycles. The molecule has 0 saturated heterocycles. The predicted molar refractivity (Wildman–Crippen MR) is 152 cm³/mol. The number of fused-ring (bicyclic) bond motifs is 3. The van der Waals surface area contributed by atoms with Crippen LogP contribution in [0, 0.1) is 0 Å². The molecule has 1 amide bonds. The summed E-state index contributed by atoms with van der Waals surface area (Å²) < 4.78 is 28.7. The van der Waals surface area contributed by atoms with Crippen molar-refractivity contribution in [2.24, 2.45) is 0 Å². The summed E-state index contributed by atoms with van der Waals surface area (Å²) in [6.45, 7) is 4.04. The lowest BCUT2D eigenvalue weighted by Gasteiger charge is -2.22. The summed E-state index contributed by atoms with van der Waals surface area (Å²) in [7, 11) is -3.42. The number of hydrogen-bond acceptors (Lipinski definition) is 6. The molecule has 0 heterocycles. The molecule has 0 aliphatic heterocycles. The zero-order valence-corrected chi connectivity index (χ0v) is 24.2. The first kappa shape index (κ1) is 29.0. The van der Waals surface area contributed by atoms with Crippen LogP contribution in [0.5, 0.6) is 0 Å². The Hall–Kier alpha value is -2.97. The average molecular weight is 616 g/mol. The summed E-state index contributed by atoms with van der Waals surface area (Å²) >= 11 is 3.43. The Morgan fingerprint density at radius 1 is 0.923 bits per heavy atom. The van der Waals surface area contributed by atoms with Crippen LogP contribution < -0.4 is 5.32 Å². The van der Waals surface area contributed by atoms with Crippen LogP contribution in [0.4, 0.5) is 4.79 Å². The Balaban J connectivity index is 1.39. The van der Waals surface area contributed by atoms with E-state index in [-0.39, 0.29) is 32.2 Å². The number of carboxylic acids is 1. The van der Waals surface area contributed by atoms with Gasteiger partial charge in [0.05, 0.1) is 13.2 Å². The first-order valence-electron chi connectivity index (χ1n) is 12.7. The SMILES string of the molecule is CCOP(=O)(OCC)C(Br)c1ccc(CC(NC(=O)OCC2c3ccccc3-c3ccccc32)C(=O)O)cc1. The lowest BCUT2D eigenvalue weighted by Crippen LogP contribution is -2.42. The van der Waals surface area contributed by atoms with Crippen molar-refractivity contribution >= 4 is 35.6 Å². The third-order valence-corrected chi connectivity index (χ3v) is 10.6. The molecule has 0 aromatic heterocycles. The van der Waals surface area contributed by atoms with Gasteiger partial charge in [-0.2, -0.15) is 0 Å². The van der Waals surface area contributed by atoms with Crippen LogP contribution in [0.25, 0.3) is 11.1 Å². The number of halogens is 1. The van der Waals surface area contributed by atoms with Crippen molar-refractivity contribution in [3.05, 3.63) is 95.1 Å². The van der Waals surface area contributed by atoms with Crippen molar-refractivity contribution < 1.29 is 33.0 Å². The number of benzene rings is 3. The minimum absolute atomic E-state index is 0.0430. The van der Waals surface area contributed by atoms with Gasteiger partial charge in [0.25, 0.3) is 0 Å². The molecule has 4 rings (SSSR count). The average Bonchev–Trinajstić information content (AvgIpc) is 3.25. The van der Waals surface area contributed by atoms with Crippen LogP contribution in [-0.4, -0.2) is 43.0 Å². The van der Waals surface area contributed by atoms with Gasteiger partial charge in [-0.05, 0) is 47.2 Å². The third-order valence-electron chi connectivity index (χ3n) is 6.52. The number of carbonyl (C=O) groups is 2. The van der Waals surface area contributed by atoms with Gasteiger partial charge >= 0.3 is 19.7 Å². The Morgan fingerprint density at radius 3 is 1.97 bits per heavy atom. The summed E-state index contributed by atoms with van der Waals surface area (Å²) in [5, 5.41) is 12.2. The maximum atomic E-state index is 13.0. The van der Waals surface area contributed by atoms with Crippen molar-refractivity contribution in [2.75, 3.05) is 19.8 Å². The molecule has 1 aliphatic carbocycles. The molecule has 2 atom stereocenters. The second-order valence-electron chi connectivity index (χ2n) is 9.02. The van der Waals surface area contributed by atoms with Crippen molar-refractivity contribution in [2.45, 2.75) is 36.8 Å². The molecule has 0 radical (unpaired) electrons. The van der Waals surface area contributed by atoms with Gasteiger partial charge in [0.2, 0.25) is 0 Å². The van der Waals surface area contributed by atoms with E-state index in [0.29, 0.717) is 11.1 Å². The van der Waals surface area contributed by atoms with Crippen LogP contribution in [-0.2, 0) is 29.6 Å². The van der Waals surface area contributed by atoms with E-state index in [9.17, 15) is 19.3 Å². The molecular weight excluding hydrogens is 585 g/mol. The number of amides is 1. The van der Waals surface area contributed by atoms with E-state index < -0.39 is 30.3 Å². The molecule has 0 fully saturated rings. The van der Waals surface area contributed by atoms with Gasteiger partial charge in [0, 0.05) is 12.3 Å². The van der Waals surface area contributed by atoms with Crippen LogP contribution in [0.3, 0.4) is 0 Å². The Morgan fingerprint density at radius 2 is 1.46 bits per heavy atom. The van der Waals surface area contributed by atoms with Crippen LogP contribution in [0.2, 0.25) is 0 Å². The first-order chi connectivity index (χ1) is 18.8. The number of carboxylic acid groups (broad SMARTS) is 1. The van der Waals surface area contributed by atoms with E-state index in [2.05, 4.69) is 21.2 Å². The quantitative estimate of drug-likeness (QED) is 0.169. The van der Waals surface area contributed by atoms with E-state index in [1.54, 1.807) is 38.1 Å². The number of carbonyl (C=O) groups excluding carboxylic acids is 1. The van der Waals surface area contributed by atoms with E-state index in [1.807, 2.05) is 48.5 Å². The van der Waals surface area contributed by atoms with Gasteiger partial charge in [-0.15, -0.1) is 0 Å². The number of rotatable bonds is 12. The van der Waals surface area contributed by atoms with Crippen molar-refractivity contribution in [3.8, 4) is 11.1 Å². The summed E-state index contributed by atoms with van der Waals surface area (Å²) in [5.74, 6) is -1.30. The molecule has 2 N–H and O–H groups in total. The molecule has 3 aromatic carbocycles. The Bertz CT molecular complexity index is 1310. The van der Waals surface area contributed by atoms with Gasteiger partial charge < -0.3 is 24.2 Å². The maximum Gasteiger partial charge on any atom is 0.407 e. The molecule has 3 aromatic rings. The fourth-order valence-corrected chi connectivity index (χ4v) is 7.35. The topological polar surface area (TPSA) is 111 Å². The number of nitrogens with one attached hydrogen (secondary N) is 1. The van der Waals surface area contributed by atoms with Gasteiger partial charge in [-0.25, -0.2) is 9.59 Å². The maximum absolute atomic E-state index is 13.0. The standard InChI is InChI=1S/C29H31BrNO7P/c1-3-37-39(35,38-4-2)27(30)20-15-13-19(14-16-20)17-26(28(32)33)31-29(34)36-18-25-23-11-7-5-9-21(23)22-10-6-8-12-24(22)25/h5-16,25-27H,3-4,17-18H2,1-2H3,(H,31,34)(H,32,33). The number of alkyl halides is 1. The molecule has 0 spiro atoms. The summed E-state index contributed by atoms with van der Waals surface area (Å²) in [6, 6.07) is 21.7. The van der Waals surface area contributed by atoms with Gasteiger partial charge in [-0.1, -0.05) is 88.7 Å². The summed E-state index contributed by atoms with van der Waals surface area (Å²) in [6.07, 6.45) is -0.753. The lowest BCUT2D eigenvalue weighted by molar-refractivity contribution is -0.139. The van der Waals surface area contributed by atoms with E-state index in [4.69, 9.17) is 13.8 Å². The van der Waals surface area contributed by atoms with E-state index >= 15 is 0 Å². The number of hydrogen-bond donors (Lipinski definition) is 2. The Labute approximate surface area is 236 Å². The number of alkyl carbamates (subject to hydrolysis) is 1. The second-order valence-corrected chi connectivity index (χ2v) is 12.8. The van der Waals surface area contributed by atoms with Crippen LogP contribution in [0.1, 0.15) is 46.6 Å². The van der Waals surface area contributed by atoms with E-state index in [1.165, 1.54) is 0 Å². The zero-order valence-electron chi connectivity index (χ0n) is 21.7. The van der Waals surface area contributed by atoms with Gasteiger partial charge in [-0.3, -0.25) is 4.57 Å². The van der Waals surface area contributed by atoms with E-state index in [0.717, 1.165) is 22.3 Å². The highest BCUT2D eigenvalue weighted by atomic mass is 79.9. The van der Waals surface area contributed by atoms with Crippen molar-refractivity contribution in [3.63, 3.8) is 0 Å². The summed E-state index contributed by atoms with van der Waals surface area (Å²) in [5.41, 5.74) is 5.71. The molecule has 0 bridgehead atoms. The highest BCUT2D eigenvalue weighted by Crippen LogP contribution is 2.63.